The fourth-order valence-corrected chi connectivity index (χ4v) is 7.04. The van der Waals surface area contributed by atoms with Crippen molar-refractivity contribution in [3.05, 3.63) is 176 Å². The second-order valence-electron chi connectivity index (χ2n) is 11.7. The summed E-state index contributed by atoms with van der Waals surface area (Å²) in [6.45, 7) is 0. The maximum atomic E-state index is 6.48. The molecular weight excluding hydrogens is 558 g/mol. The van der Waals surface area contributed by atoms with Gasteiger partial charge in [-0.3, -0.25) is 0 Å². The predicted molar refractivity (Wildman–Crippen MR) is 194 cm³/mol. The van der Waals surface area contributed by atoms with Crippen LogP contribution in [-0.2, 0) is 0 Å². The number of nitrogens with zero attached hydrogens (tertiary/aromatic N) is 1. The summed E-state index contributed by atoms with van der Waals surface area (Å²) < 4.78 is 6.48. The number of anilines is 3. The molecule has 2 heteroatoms. The molecule has 0 amide bonds. The maximum absolute atomic E-state index is 6.48. The molecule has 0 unspecified atom stereocenters. The standard InChI is InChI=1S/C44H29NO/c1-3-16-31(17-4-1)45(32-18-5-2-6-19-32)44-39(28-29-42-43(44)40-23-11-12-25-41(40)46-42)38-27-26-37(35-21-9-10-22-36(35)38)34-24-13-15-30-14-7-8-20-33(30)34/h1-29H. The normalized spacial score (nSPS) is 11.5. The van der Waals surface area contributed by atoms with Crippen LogP contribution in [0.1, 0.15) is 0 Å². The molecule has 216 valence electrons. The van der Waals surface area contributed by atoms with Crippen molar-refractivity contribution in [1.29, 1.82) is 0 Å². The van der Waals surface area contributed by atoms with E-state index in [9.17, 15) is 0 Å². The summed E-state index contributed by atoms with van der Waals surface area (Å²) in [5.41, 5.74) is 9.83. The van der Waals surface area contributed by atoms with Gasteiger partial charge in [-0.15, -0.1) is 0 Å². The highest BCUT2D eigenvalue weighted by Crippen LogP contribution is 2.50. The lowest BCUT2D eigenvalue weighted by molar-refractivity contribution is 0.669. The van der Waals surface area contributed by atoms with Crippen LogP contribution in [0.4, 0.5) is 17.1 Å². The minimum Gasteiger partial charge on any atom is -0.456 e. The van der Waals surface area contributed by atoms with Gasteiger partial charge in [0.15, 0.2) is 0 Å². The molecule has 0 bridgehead atoms. The summed E-state index contributed by atoms with van der Waals surface area (Å²) in [6.07, 6.45) is 0. The van der Waals surface area contributed by atoms with E-state index in [0.717, 1.165) is 44.6 Å². The second kappa shape index (κ2) is 10.8. The molecule has 0 aliphatic heterocycles. The van der Waals surface area contributed by atoms with Crippen molar-refractivity contribution in [1.82, 2.24) is 0 Å². The van der Waals surface area contributed by atoms with Gasteiger partial charge in [-0.1, -0.05) is 133 Å². The zero-order valence-corrected chi connectivity index (χ0v) is 25.1. The van der Waals surface area contributed by atoms with Gasteiger partial charge in [-0.05, 0) is 80.7 Å². The molecule has 0 radical (unpaired) electrons. The van der Waals surface area contributed by atoms with Crippen molar-refractivity contribution in [3.63, 3.8) is 0 Å². The summed E-state index contributed by atoms with van der Waals surface area (Å²) in [4.78, 5) is 2.38. The number of benzene rings is 8. The molecule has 9 aromatic rings. The summed E-state index contributed by atoms with van der Waals surface area (Å²) in [5, 5.41) is 7.14. The van der Waals surface area contributed by atoms with Crippen LogP contribution in [0.3, 0.4) is 0 Å². The molecular formula is C44H29NO. The van der Waals surface area contributed by atoms with Crippen LogP contribution in [0, 0.1) is 0 Å². The van der Waals surface area contributed by atoms with Crippen LogP contribution in [0.15, 0.2) is 180 Å². The number of fused-ring (bicyclic) bond motifs is 5. The first kappa shape index (κ1) is 26.3. The van der Waals surface area contributed by atoms with Crippen LogP contribution < -0.4 is 4.90 Å². The van der Waals surface area contributed by atoms with Crippen molar-refractivity contribution >= 4 is 60.5 Å². The third-order valence-electron chi connectivity index (χ3n) is 9.06. The monoisotopic (exact) mass is 587 g/mol. The number of furan rings is 1. The Morgan fingerprint density at radius 2 is 0.826 bits per heavy atom. The van der Waals surface area contributed by atoms with E-state index in [1.165, 1.54) is 38.2 Å². The zero-order valence-electron chi connectivity index (χ0n) is 25.1. The number of hydrogen-bond acceptors (Lipinski definition) is 2. The highest BCUT2D eigenvalue weighted by molar-refractivity contribution is 6.19. The molecule has 0 N–H and O–H groups in total. The summed E-state index contributed by atoms with van der Waals surface area (Å²) in [5.74, 6) is 0. The highest BCUT2D eigenvalue weighted by Gasteiger charge is 2.24. The summed E-state index contributed by atoms with van der Waals surface area (Å²) in [6, 6.07) is 62.7. The quantitative estimate of drug-likeness (QED) is 0.199. The largest absolute Gasteiger partial charge is 0.456 e. The van der Waals surface area contributed by atoms with Gasteiger partial charge in [0.25, 0.3) is 0 Å². The molecule has 9 rings (SSSR count). The summed E-state index contributed by atoms with van der Waals surface area (Å²) >= 11 is 0. The fourth-order valence-electron chi connectivity index (χ4n) is 7.04. The lowest BCUT2D eigenvalue weighted by Gasteiger charge is -2.29. The van der Waals surface area contributed by atoms with E-state index in [2.05, 4.69) is 175 Å². The SMILES string of the molecule is c1ccc(N(c2ccccc2)c2c(-c3ccc(-c4cccc5ccccc45)c4ccccc34)ccc3oc4ccccc4c23)cc1. The minimum absolute atomic E-state index is 0.869. The van der Waals surface area contributed by atoms with Gasteiger partial charge in [0.2, 0.25) is 0 Å². The van der Waals surface area contributed by atoms with Crippen LogP contribution in [0.2, 0.25) is 0 Å². The minimum atomic E-state index is 0.869. The Kier molecular flexibility index (Phi) is 6.17. The smallest absolute Gasteiger partial charge is 0.137 e. The highest BCUT2D eigenvalue weighted by atomic mass is 16.3. The predicted octanol–water partition coefficient (Wildman–Crippen LogP) is 12.7. The Morgan fingerprint density at radius 1 is 0.326 bits per heavy atom. The topological polar surface area (TPSA) is 16.4 Å². The molecule has 0 atom stereocenters. The molecule has 2 nitrogen and oxygen atoms in total. The molecule has 0 saturated heterocycles. The number of rotatable bonds is 5. The Morgan fingerprint density at radius 3 is 1.52 bits per heavy atom. The molecule has 1 heterocycles. The molecule has 0 fully saturated rings. The van der Waals surface area contributed by atoms with Crippen molar-refractivity contribution < 1.29 is 4.42 Å². The molecule has 46 heavy (non-hydrogen) atoms. The maximum Gasteiger partial charge on any atom is 0.137 e. The van der Waals surface area contributed by atoms with Crippen molar-refractivity contribution in [3.8, 4) is 22.3 Å². The van der Waals surface area contributed by atoms with Gasteiger partial charge in [-0.2, -0.15) is 0 Å². The van der Waals surface area contributed by atoms with E-state index in [1.807, 2.05) is 6.07 Å². The van der Waals surface area contributed by atoms with Crippen LogP contribution in [0.25, 0.3) is 65.7 Å². The van der Waals surface area contributed by atoms with Gasteiger partial charge < -0.3 is 9.32 Å². The van der Waals surface area contributed by atoms with E-state index < -0.39 is 0 Å². The van der Waals surface area contributed by atoms with Crippen molar-refractivity contribution in [2.75, 3.05) is 4.90 Å². The summed E-state index contributed by atoms with van der Waals surface area (Å²) in [7, 11) is 0. The van der Waals surface area contributed by atoms with E-state index in [4.69, 9.17) is 4.42 Å². The Bertz CT molecular complexity index is 2480. The van der Waals surface area contributed by atoms with Gasteiger partial charge >= 0.3 is 0 Å². The lowest BCUT2D eigenvalue weighted by Crippen LogP contribution is -2.11. The van der Waals surface area contributed by atoms with Crippen LogP contribution in [0.5, 0.6) is 0 Å². The second-order valence-corrected chi connectivity index (χ2v) is 11.7. The molecule has 8 aromatic carbocycles. The first-order valence-electron chi connectivity index (χ1n) is 15.7. The van der Waals surface area contributed by atoms with Crippen molar-refractivity contribution in [2.24, 2.45) is 0 Å². The van der Waals surface area contributed by atoms with Crippen LogP contribution in [-0.4, -0.2) is 0 Å². The Labute approximate surface area is 267 Å². The Balaban J connectivity index is 1.39. The molecule has 0 saturated carbocycles. The third-order valence-corrected chi connectivity index (χ3v) is 9.06. The van der Waals surface area contributed by atoms with Crippen molar-refractivity contribution in [2.45, 2.75) is 0 Å². The third kappa shape index (κ3) is 4.19. The first-order valence-corrected chi connectivity index (χ1v) is 15.7. The van der Waals surface area contributed by atoms with E-state index >= 15 is 0 Å². The zero-order chi connectivity index (χ0) is 30.5. The van der Waals surface area contributed by atoms with E-state index in [0.29, 0.717) is 0 Å². The molecule has 1 aromatic heterocycles. The molecule has 0 aliphatic carbocycles. The lowest BCUT2D eigenvalue weighted by atomic mass is 9.88. The van der Waals surface area contributed by atoms with Gasteiger partial charge in [0.05, 0.1) is 11.1 Å². The Hall–Kier alpha value is -6.12. The van der Waals surface area contributed by atoms with Crippen LogP contribution >= 0.6 is 0 Å². The average Bonchev–Trinajstić information content (AvgIpc) is 3.51. The van der Waals surface area contributed by atoms with E-state index in [-0.39, 0.29) is 0 Å². The number of para-hydroxylation sites is 3. The fraction of sp³-hybridized carbons (Fsp3) is 0. The molecule has 0 aliphatic rings. The van der Waals surface area contributed by atoms with Gasteiger partial charge in [0.1, 0.15) is 11.2 Å². The average molecular weight is 588 g/mol. The first-order chi connectivity index (χ1) is 22.8. The van der Waals surface area contributed by atoms with Gasteiger partial charge in [-0.25, -0.2) is 0 Å². The number of hydrogen-bond donors (Lipinski definition) is 0. The van der Waals surface area contributed by atoms with Gasteiger partial charge in [0, 0.05) is 22.3 Å². The molecule has 0 spiro atoms. The van der Waals surface area contributed by atoms with E-state index in [1.54, 1.807) is 0 Å².